The topological polar surface area (TPSA) is 29.5 Å². The first-order valence-corrected chi connectivity index (χ1v) is 6.14. The average Bonchev–Trinajstić information content (AvgIpc) is 2.56. The fourth-order valence-corrected chi connectivity index (χ4v) is 3.44. The van der Waals surface area contributed by atoms with E-state index in [-0.39, 0.29) is 0 Å². The van der Waals surface area contributed by atoms with E-state index in [0.717, 1.165) is 20.0 Å². The molecule has 0 fully saturated rings. The Morgan fingerprint density at radius 3 is 2.86 bits per heavy atom. The molecule has 0 saturated heterocycles. The number of hydrogen-bond donors (Lipinski definition) is 1. The molecule has 1 heterocycles. The Bertz CT molecular complexity index is 462. The van der Waals surface area contributed by atoms with E-state index in [2.05, 4.69) is 0 Å². The van der Waals surface area contributed by atoms with Gasteiger partial charge in [-0.3, -0.25) is 0 Å². The molecule has 1 aromatic carbocycles. The summed E-state index contributed by atoms with van der Waals surface area (Å²) in [5.74, 6) is 0.325. The van der Waals surface area contributed by atoms with Crippen molar-refractivity contribution < 1.29 is 9.84 Å². The lowest BCUT2D eigenvalue weighted by molar-refractivity contribution is 0.418. The first kappa shape index (κ1) is 9.68. The van der Waals surface area contributed by atoms with E-state index >= 15 is 0 Å². The first-order valence-electron chi connectivity index (χ1n) is 4.10. The molecule has 2 nitrogen and oxygen atoms in total. The summed E-state index contributed by atoms with van der Waals surface area (Å²) in [5.41, 5.74) is 0. The number of phenols is 1. The maximum Gasteiger partial charge on any atom is 0.188 e. The third kappa shape index (κ3) is 1.35. The molecule has 0 spiro atoms. The van der Waals surface area contributed by atoms with Crippen LogP contribution >= 0.6 is 23.1 Å². The highest BCUT2D eigenvalue weighted by Gasteiger charge is 2.14. The summed E-state index contributed by atoms with van der Waals surface area (Å²) >= 11 is 3.16. The lowest BCUT2D eigenvalue weighted by Gasteiger charge is -1.99. The number of fused-ring (bicyclic) bond motifs is 1. The van der Waals surface area contributed by atoms with Crippen LogP contribution < -0.4 is 4.74 Å². The van der Waals surface area contributed by atoms with Crippen LogP contribution in [0.25, 0.3) is 10.1 Å². The average molecular weight is 226 g/mol. The second-order valence-corrected chi connectivity index (χ2v) is 4.61. The van der Waals surface area contributed by atoms with Crippen molar-refractivity contribution in [2.75, 3.05) is 13.4 Å². The molecule has 4 heteroatoms. The minimum Gasteiger partial charge on any atom is -0.507 e. The van der Waals surface area contributed by atoms with E-state index in [0.29, 0.717) is 5.75 Å². The highest BCUT2D eigenvalue weighted by atomic mass is 32.2. The minimum atomic E-state index is 0.325. The van der Waals surface area contributed by atoms with E-state index in [1.807, 2.05) is 18.4 Å². The maximum atomic E-state index is 9.73. The van der Waals surface area contributed by atoms with E-state index < -0.39 is 0 Å². The monoisotopic (exact) mass is 226 g/mol. The van der Waals surface area contributed by atoms with Crippen LogP contribution in [0.3, 0.4) is 0 Å². The molecule has 0 bridgehead atoms. The van der Waals surface area contributed by atoms with Crippen LogP contribution in [0, 0.1) is 0 Å². The molecule has 74 valence electrons. The van der Waals surface area contributed by atoms with Crippen LogP contribution in [0.15, 0.2) is 23.1 Å². The molecular formula is C10H10O2S2. The van der Waals surface area contributed by atoms with Crippen molar-refractivity contribution in [1.82, 2.24) is 0 Å². The van der Waals surface area contributed by atoms with Crippen LogP contribution in [0.4, 0.5) is 0 Å². The molecule has 14 heavy (non-hydrogen) atoms. The van der Waals surface area contributed by atoms with Crippen LogP contribution in [0.5, 0.6) is 10.8 Å². The fourth-order valence-electron chi connectivity index (χ4n) is 1.40. The van der Waals surface area contributed by atoms with Gasteiger partial charge in [0.25, 0.3) is 0 Å². The Kier molecular flexibility index (Phi) is 2.56. The molecular weight excluding hydrogens is 216 g/mol. The number of methoxy groups -OCH3 is 1. The van der Waals surface area contributed by atoms with Gasteiger partial charge in [-0.2, -0.15) is 0 Å². The van der Waals surface area contributed by atoms with E-state index in [9.17, 15) is 5.11 Å². The molecule has 2 aromatic rings. The predicted molar refractivity (Wildman–Crippen MR) is 61.8 cm³/mol. The summed E-state index contributed by atoms with van der Waals surface area (Å²) in [5, 5.41) is 11.5. The number of hydrogen-bond acceptors (Lipinski definition) is 4. The molecule has 0 aliphatic rings. The van der Waals surface area contributed by atoms with Gasteiger partial charge >= 0.3 is 0 Å². The summed E-state index contributed by atoms with van der Waals surface area (Å²) in [7, 11) is 1.65. The van der Waals surface area contributed by atoms with Crippen molar-refractivity contribution >= 4 is 33.2 Å². The van der Waals surface area contributed by atoms with Gasteiger partial charge in [0.05, 0.1) is 17.4 Å². The Hall–Kier alpha value is -0.870. The Balaban J connectivity index is 2.81. The van der Waals surface area contributed by atoms with Gasteiger partial charge in [-0.05, 0) is 18.4 Å². The van der Waals surface area contributed by atoms with Crippen LogP contribution in [-0.4, -0.2) is 18.5 Å². The molecule has 0 aliphatic carbocycles. The summed E-state index contributed by atoms with van der Waals surface area (Å²) in [4.78, 5) is 1.02. The summed E-state index contributed by atoms with van der Waals surface area (Å²) < 4.78 is 6.32. The Morgan fingerprint density at radius 1 is 1.43 bits per heavy atom. The maximum absolute atomic E-state index is 9.73. The van der Waals surface area contributed by atoms with Crippen molar-refractivity contribution in [2.45, 2.75) is 4.90 Å². The van der Waals surface area contributed by atoms with Gasteiger partial charge in [-0.1, -0.05) is 17.4 Å². The molecule has 0 unspecified atom stereocenters. The molecule has 0 amide bonds. The number of rotatable bonds is 2. The zero-order valence-electron chi connectivity index (χ0n) is 7.90. The molecule has 0 saturated carbocycles. The second kappa shape index (κ2) is 3.71. The molecule has 1 N–H and O–H groups in total. The smallest absolute Gasteiger partial charge is 0.188 e. The molecule has 0 aliphatic heterocycles. The van der Waals surface area contributed by atoms with Crippen LogP contribution in [0.1, 0.15) is 0 Å². The summed E-state index contributed by atoms with van der Waals surface area (Å²) in [6, 6.07) is 5.54. The van der Waals surface area contributed by atoms with Crippen molar-refractivity contribution in [3.05, 3.63) is 18.2 Å². The van der Waals surface area contributed by atoms with Crippen molar-refractivity contribution in [3.63, 3.8) is 0 Å². The Labute approximate surface area is 90.5 Å². The van der Waals surface area contributed by atoms with Gasteiger partial charge in [0.15, 0.2) is 5.06 Å². The number of aromatic hydroxyl groups is 1. The highest BCUT2D eigenvalue weighted by Crippen LogP contribution is 2.46. The molecule has 2 rings (SSSR count). The number of ether oxygens (including phenoxy) is 1. The quantitative estimate of drug-likeness (QED) is 0.796. The molecule has 0 radical (unpaired) electrons. The lowest BCUT2D eigenvalue weighted by atomic mass is 10.2. The standard InChI is InChI=1S/C10H10O2S2/c1-12-10-9(13-2)8-6(11)4-3-5-7(8)14-10/h3-5,11H,1-2H3. The van der Waals surface area contributed by atoms with Crippen molar-refractivity contribution in [3.8, 4) is 10.8 Å². The van der Waals surface area contributed by atoms with Gasteiger partial charge in [0.2, 0.25) is 0 Å². The minimum absolute atomic E-state index is 0.325. The van der Waals surface area contributed by atoms with Crippen LogP contribution in [-0.2, 0) is 0 Å². The third-order valence-corrected chi connectivity index (χ3v) is 4.05. The van der Waals surface area contributed by atoms with E-state index in [1.165, 1.54) is 0 Å². The third-order valence-electron chi connectivity index (χ3n) is 2.01. The van der Waals surface area contributed by atoms with Crippen molar-refractivity contribution in [2.24, 2.45) is 0 Å². The van der Waals surface area contributed by atoms with Gasteiger partial charge in [0.1, 0.15) is 5.75 Å². The van der Waals surface area contributed by atoms with Gasteiger partial charge in [0, 0.05) is 4.70 Å². The van der Waals surface area contributed by atoms with E-state index in [4.69, 9.17) is 4.74 Å². The number of benzene rings is 1. The van der Waals surface area contributed by atoms with Crippen molar-refractivity contribution in [1.29, 1.82) is 0 Å². The zero-order valence-corrected chi connectivity index (χ0v) is 9.54. The first-order chi connectivity index (χ1) is 6.77. The van der Waals surface area contributed by atoms with Gasteiger partial charge in [-0.25, -0.2) is 0 Å². The van der Waals surface area contributed by atoms with Gasteiger partial charge in [-0.15, -0.1) is 11.8 Å². The summed E-state index contributed by atoms with van der Waals surface area (Å²) in [6.07, 6.45) is 1.98. The lowest BCUT2D eigenvalue weighted by Crippen LogP contribution is -1.79. The SMILES string of the molecule is COc1sc2cccc(O)c2c1SC. The predicted octanol–water partition coefficient (Wildman–Crippen LogP) is 3.34. The normalized spacial score (nSPS) is 10.7. The second-order valence-electron chi connectivity index (χ2n) is 2.78. The fraction of sp³-hybridized carbons (Fsp3) is 0.200. The highest BCUT2D eigenvalue weighted by molar-refractivity contribution is 7.99. The molecule has 1 aromatic heterocycles. The summed E-state index contributed by atoms with van der Waals surface area (Å²) in [6.45, 7) is 0. The zero-order chi connectivity index (χ0) is 10.1. The largest absolute Gasteiger partial charge is 0.507 e. The van der Waals surface area contributed by atoms with E-state index in [1.54, 1.807) is 36.3 Å². The van der Waals surface area contributed by atoms with Gasteiger partial charge < -0.3 is 9.84 Å². The van der Waals surface area contributed by atoms with Crippen LogP contribution in [0.2, 0.25) is 0 Å². The Morgan fingerprint density at radius 2 is 2.21 bits per heavy atom. The number of thioether (sulfide) groups is 1. The number of phenolic OH excluding ortho intramolecular Hbond substituents is 1. The molecule has 0 atom stereocenters. The number of thiophene rings is 1.